The van der Waals surface area contributed by atoms with Crippen molar-refractivity contribution in [1.82, 2.24) is 5.32 Å². The van der Waals surface area contributed by atoms with Crippen LogP contribution in [0.15, 0.2) is 24.3 Å². The minimum atomic E-state index is -0.416. The molecule has 1 aromatic carbocycles. The lowest BCUT2D eigenvalue weighted by Gasteiger charge is -2.12. The van der Waals surface area contributed by atoms with E-state index in [9.17, 15) is 9.59 Å². The van der Waals surface area contributed by atoms with Gasteiger partial charge in [-0.15, -0.1) is 12.4 Å². The summed E-state index contributed by atoms with van der Waals surface area (Å²) < 4.78 is 5.47. The standard InChI is InChI=1S/C15H21N3O3.ClH/c16-14(19)7-8-21-13-4-2-1-3-12(13)18-15(20)10-17-9-11-5-6-11;/h1-4,11,17H,5-10H2,(H2,16,19)(H,18,20);1H. The number of carbonyl (C=O) groups is 2. The highest BCUT2D eigenvalue weighted by Crippen LogP contribution is 2.27. The fourth-order valence-corrected chi connectivity index (χ4v) is 1.86. The summed E-state index contributed by atoms with van der Waals surface area (Å²) in [6.07, 6.45) is 2.65. The molecule has 6 nitrogen and oxygen atoms in total. The van der Waals surface area contributed by atoms with Crippen LogP contribution in [0.4, 0.5) is 5.69 Å². The lowest BCUT2D eigenvalue weighted by atomic mass is 10.3. The van der Waals surface area contributed by atoms with Gasteiger partial charge < -0.3 is 21.1 Å². The van der Waals surface area contributed by atoms with Crippen LogP contribution >= 0.6 is 12.4 Å². The Bertz CT molecular complexity index is 507. The first-order chi connectivity index (χ1) is 10.1. The summed E-state index contributed by atoms with van der Waals surface area (Å²) in [5.41, 5.74) is 5.66. The fraction of sp³-hybridized carbons (Fsp3) is 0.467. The Balaban J connectivity index is 0.00000242. The van der Waals surface area contributed by atoms with Gasteiger partial charge in [-0.3, -0.25) is 9.59 Å². The van der Waals surface area contributed by atoms with Gasteiger partial charge in [-0.05, 0) is 37.4 Å². The molecule has 1 aliphatic rings. The van der Waals surface area contributed by atoms with Crippen molar-refractivity contribution in [1.29, 1.82) is 0 Å². The summed E-state index contributed by atoms with van der Waals surface area (Å²) in [5.74, 6) is 0.749. The van der Waals surface area contributed by atoms with Crippen LogP contribution in [0.25, 0.3) is 0 Å². The molecule has 2 amide bonds. The summed E-state index contributed by atoms with van der Waals surface area (Å²) in [5, 5.41) is 5.93. The number of anilines is 1. The molecule has 0 heterocycles. The number of benzene rings is 1. The van der Waals surface area contributed by atoms with Crippen molar-refractivity contribution < 1.29 is 14.3 Å². The number of halogens is 1. The Kier molecular flexibility index (Phi) is 7.70. The van der Waals surface area contributed by atoms with Crippen molar-refractivity contribution in [3.63, 3.8) is 0 Å². The van der Waals surface area contributed by atoms with Crippen LogP contribution in [-0.4, -0.2) is 31.5 Å². The third-order valence-corrected chi connectivity index (χ3v) is 3.18. The zero-order valence-corrected chi connectivity index (χ0v) is 13.2. The average Bonchev–Trinajstić information content (AvgIpc) is 3.24. The highest BCUT2D eigenvalue weighted by Gasteiger charge is 2.20. The topological polar surface area (TPSA) is 93.5 Å². The predicted octanol–water partition coefficient (Wildman–Crippen LogP) is 1.30. The maximum Gasteiger partial charge on any atom is 0.238 e. The first-order valence-electron chi connectivity index (χ1n) is 7.16. The van der Waals surface area contributed by atoms with Crippen molar-refractivity contribution >= 4 is 29.9 Å². The molecule has 1 saturated carbocycles. The molecule has 1 fully saturated rings. The van der Waals surface area contributed by atoms with Gasteiger partial charge in [0.05, 0.1) is 25.3 Å². The number of rotatable bonds is 9. The molecule has 0 bridgehead atoms. The van der Waals surface area contributed by atoms with E-state index in [1.807, 2.05) is 6.07 Å². The molecule has 122 valence electrons. The minimum absolute atomic E-state index is 0. The third-order valence-electron chi connectivity index (χ3n) is 3.18. The molecule has 0 atom stereocenters. The molecule has 2 rings (SSSR count). The number of nitrogens with two attached hydrogens (primary N) is 1. The van der Waals surface area contributed by atoms with Crippen LogP contribution in [0.3, 0.4) is 0 Å². The molecule has 0 radical (unpaired) electrons. The maximum absolute atomic E-state index is 11.8. The van der Waals surface area contributed by atoms with E-state index in [1.165, 1.54) is 12.8 Å². The van der Waals surface area contributed by atoms with E-state index in [0.29, 0.717) is 11.4 Å². The zero-order valence-electron chi connectivity index (χ0n) is 12.3. The molecular formula is C15H22ClN3O3. The van der Waals surface area contributed by atoms with Gasteiger partial charge in [0.15, 0.2) is 0 Å². The summed E-state index contributed by atoms with van der Waals surface area (Å²) in [7, 11) is 0. The number of para-hydroxylation sites is 2. The van der Waals surface area contributed by atoms with Crippen molar-refractivity contribution in [2.24, 2.45) is 11.7 Å². The highest BCUT2D eigenvalue weighted by atomic mass is 35.5. The van der Waals surface area contributed by atoms with Gasteiger partial charge in [0.1, 0.15) is 5.75 Å². The third kappa shape index (κ3) is 6.78. The van der Waals surface area contributed by atoms with Crippen LogP contribution in [0.5, 0.6) is 5.75 Å². The highest BCUT2D eigenvalue weighted by molar-refractivity contribution is 5.93. The van der Waals surface area contributed by atoms with Crippen LogP contribution in [0.1, 0.15) is 19.3 Å². The van der Waals surface area contributed by atoms with Gasteiger partial charge in [0.25, 0.3) is 0 Å². The number of primary amides is 1. The van der Waals surface area contributed by atoms with E-state index < -0.39 is 5.91 Å². The summed E-state index contributed by atoms with van der Waals surface area (Å²) in [6.45, 7) is 1.37. The van der Waals surface area contributed by atoms with Gasteiger partial charge in [-0.25, -0.2) is 0 Å². The largest absolute Gasteiger partial charge is 0.491 e. The van der Waals surface area contributed by atoms with Crippen LogP contribution < -0.4 is 21.1 Å². The monoisotopic (exact) mass is 327 g/mol. The zero-order chi connectivity index (χ0) is 15.1. The van der Waals surface area contributed by atoms with E-state index in [4.69, 9.17) is 10.5 Å². The normalized spacial score (nSPS) is 13.1. The van der Waals surface area contributed by atoms with E-state index in [1.54, 1.807) is 18.2 Å². The molecule has 0 aromatic heterocycles. The Morgan fingerprint density at radius 3 is 2.68 bits per heavy atom. The number of carbonyl (C=O) groups excluding carboxylic acids is 2. The van der Waals surface area contributed by atoms with Crippen molar-refractivity contribution in [3.05, 3.63) is 24.3 Å². The van der Waals surface area contributed by atoms with Gasteiger partial charge in [0, 0.05) is 0 Å². The summed E-state index contributed by atoms with van der Waals surface area (Å²) in [6, 6.07) is 7.13. The number of nitrogens with one attached hydrogen (secondary N) is 2. The summed E-state index contributed by atoms with van der Waals surface area (Å²) in [4.78, 5) is 22.5. The molecule has 0 spiro atoms. The Hall–Kier alpha value is -1.79. The second-order valence-corrected chi connectivity index (χ2v) is 5.18. The number of ether oxygens (including phenoxy) is 1. The molecule has 1 aliphatic carbocycles. The second kappa shape index (κ2) is 9.27. The molecule has 0 saturated heterocycles. The predicted molar refractivity (Wildman–Crippen MR) is 87.2 cm³/mol. The molecule has 22 heavy (non-hydrogen) atoms. The quantitative estimate of drug-likeness (QED) is 0.637. The van der Waals surface area contributed by atoms with Crippen molar-refractivity contribution in [2.45, 2.75) is 19.3 Å². The van der Waals surface area contributed by atoms with Gasteiger partial charge in [0.2, 0.25) is 11.8 Å². The lowest BCUT2D eigenvalue weighted by molar-refractivity contribution is -0.118. The number of hydrogen-bond acceptors (Lipinski definition) is 4. The first kappa shape index (κ1) is 18.3. The maximum atomic E-state index is 11.8. The van der Waals surface area contributed by atoms with Gasteiger partial charge >= 0.3 is 0 Å². The van der Waals surface area contributed by atoms with E-state index in [-0.39, 0.29) is 37.9 Å². The molecule has 4 N–H and O–H groups in total. The van der Waals surface area contributed by atoms with Crippen molar-refractivity contribution in [3.8, 4) is 5.75 Å². The van der Waals surface area contributed by atoms with Gasteiger partial charge in [-0.1, -0.05) is 12.1 Å². The average molecular weight is 328 g/mol. The number of hydrogen-bond donors (Lipinski definition) is 3. The molecule has 1 aromatic rings. The van der Waals surface area contributed by atoms with E-state index in [2.05, 4.69) is 10.6 Å². The van der Waals surface area contributed by atoms with E-state index in [0.717, 1.165) is 12.5 Å². The number of amides is 2. The summed E-state index contributed by atoms with van der Waals surface area (Å²) >= 11 is 0. The molecule has 7 heteroatoms. The molecule has 0 unspecified atom stereocenters. The fourth-order valence-electron chi connectivity index (χ4n) is 1.86. The smallest absolute Gasteiger partial charge is 0.238 e. The molecule has 0 aliphatic heterocycles. The van der Waals surface area contributed by atoms with Crippen LogP contribution in [0.2, 0.25) is 0 Å². The lowest BCUT2D eigenvalue weighted by Crippen LogP contribution is -2.29. The minimum Gasteiger partial charge on any atom is -0.491 e. The molecular weight excluding hydrogens is 306 g/mol. The second-order valence-electron chi connectivity index (χ2n) is 5.18. The Morgan fingerprint density at radius 2 is 2.00 bits per heavy atom. The first-order valence-corrected chi connectivity index (χ1v) is 7.16. The van der Waals surface area contributed by atoms with Crippen molar-refractivity contribution in [2.75, 3.05) is 25.0 Å². The Morgan fingerprint density at radius 1 is 1.27 bits per heavy atom. The SMILES string of the molecule is Cl.NC(=O)CCOc1ccccc1NC(=O)CNCC1CC1. The van der Waals surface area contributed by atoms with E-state index >= 15 is 0 Å². The van der Waals surface area contributed by atoms with Crippen LogP contribution in [-0.2, 0) is 9.59 Å². The van der Waals surface area contributed by atoms with Crippen LogP contribution in [0, 0.1) is 5.92 Å². The Labute approximate surface area is 136 Å². The van der Waals surface area contributed by atoms with Gasteiger partial charge in [-0.2, -0.15) is 0 Å².